The number of carboxylic acids is 1. The highest BCUT2D eigenvalue weighted by molar-refractivity contribution is 5.90. The normalized spacial score (nSPS) is 18.9. The summed E-state index contributed by atoms with van der Waals surface area (Å²) in [5.74, 6) is -1.35. The number of aliphatic carboxylic acids is 1. The molecule has 20 heavy (non-hydrogen) atoms. The van der Waals surface area contributed by atoms with Gasteiger partial charge in [0.05, 0.1) is 5.41 Å². The van der Waals surface area contributed by atoms with Crippen LogP contribution in [0.4, 0.5) is 0 Å². The van der Waals surface area contributed by atoms with Gasteiger partial charge in [-0.15, -0.1) is 0 Å². The maximum Gasteiger partial charge on any atom is 0.310 e. The van der Waals surface area contributed by atoms with E-state index >= 15 is 0 Å². The lowest BCUT2D eigenvalue weighted by Gasteiger charge is -2.30. The zero-order chi connectivity index (χ0) is 15.3. The highest BCUT2D eigenvalue weighted by Crippen LogP contribution is 2.33. The number of rotatable bonds is 6. The Morgan fingerprint density at radius 3 is 2.35 bits per heavy atom. The molecule has 1 heterocycles. The minimum Gasteiger partial charge on any atom is -0.481 e. The standard InChI is InChI=1S/C14H24N2O4/c1-4-14(5-2,13(19)20)9-11(17)16-8-6-7-10(16)12(18)15-3/h10H,4-9H2,1-3H3,(H,15,18)(H,19,20). The van der Waals surface area contributed by atoms with E-state index in [4.69, 9.17) is 0 Å². The van der Waals surface area contributed by atoms with Gasteiger partial charge in [0.15, 0.2) is 0 Å². The summed E-state index contributed by atoms with van der Waals surface area (Å²) in [5.41, 5.74) is -1.02. The minimum atomic E-state index is -1.02. The second-order valence-electron chi connectivity index (χ2n) is 5.33. The lowest BCUT2D eigenvalue weighted by Crippen LogP contribution is -2.47. The maximum absolute atomic E-state index is 12.4. The first-order chi connectivity index (χ1) is 9.41. The van der Waals surface area contributed by atoms with Crippen molar-refractivity contribution in [3.63, 3.8) is 0 Å². The lowest BCUT2D eigenvalue weighted by atomic mass is 9.79. The van der Waals surface area contributed by atoms with Gasteiger partial charge in [0.1, 0.15) is 6.04 Å². The molecule has 2 N–H and O–H groups in total. The average molecular weight is 284 g/mol. The van der Waals surface area contributed by atoms with Crippen LogP contribution < -0.4 is 5.32 Å². The number of hydrogen-bond acceptors (Lipinski definition) is 3. The highest BCUT2D eigenvalue weighted by atomic mass is 16.4. The third-order valence-corrected chi connectivity index (χ3v) is 4.42. The van der Waals surface area contributed by atoms with Crippen LogP contribution in [-0.2, 0) is 14.4 Å². The van der Waals surface area contributed by atoms with Crippen molar-refractivity contribution >= 4 is 17.8 Å². The van der Waals surface area contributed by atoms with Crippen molar-refractivity contribution in [2.45, 2.75) is 52.0 Å². The van der Waals surface area contributed by atoms with Gasteiger partial charge in [-0.2, -0.15) is 0 Å². The summed E-state index contributed by atoms with van der Waals surface area (Å²) in [6.45, 7) is 4.09. The number of amides is 2. The Hall–Kier alpha value is -1.59. The predicted octanol–water partition coefficient (Wildman–Crippen LogP) is 1.00. The molecule has 1 saturated heterocycles. The molecule has 0 saturated carbocycles. The van der Waals surface area contributed by atoms with Crippen molar-refractivity contribution in [3.05, 3.63) is 0 Å². The predicted molar refractivity (Wildman–Crippen MR) is 74.1 cm³/mol. The summed E-state index contributed by atoms with van der Waals surface area (Å²) in [6, 6.07) is -0.451. The Bertz CT molecular complexity index is 391. The molecule has 0 aliphatic carbocycles. The van der Waals surface area contributed by atoms with Crippen LogP contribution >= 0.6 is 0 Å². The minimum absolute atomic E-state index is 0.0389. The van der Waals surface area contributed by atoms with E-state index in [2.05, 4.69) is 5.32 Å². The van der Waals surface area contributed by atoms with Crippen LogP contribution in [0, 0.1) is 5.41 Å². The van der Waals surface area contributed by atoms with Crippen molar-refractivity contribution in [2.24, 2.45) is 5.41 Å². The zero-order valence-corrected chi connectivity index (χ0v) is 12.4. The summed E-state index contributed by atoms with van der Waals surface area (Å²) < 4.78 is 0. The molecule has 2 amide bonds. The molecule has 0 aromatic carbocycles. The summed E-state index contributed by atoms with van der Waals surface area (Å²) in [7, 11) is 1.54. The van der Waals surface area contributed by atoms with E-state index in [0.29, 0.717) is 25.8 Å². The molecule has 0 aromatic heterocycles. The van der Waals surface area contributed by atoms with Gasteiger partial charge in [-0.05, 0) is 25.7 Å². The number of carbonyl (C=O) groups is 3. The molecule has 1 unspecified atom stereocenters. The molecule has 1 aliphatic rings. The second-order valence-corrected chi connectivity index (χ2v) is 5.33. The number of carboxylic acid groups (broad SMARTS) is 1. The molecule has 0 aromatic rings. The molecule has 0 bridgehead atoms. The van der Waals surface area contributed by atoms with Crippen molar-refractivity contribution in [1.82, 2.24) is 10.2 Å². The van der Waals surface area contributed by atoms with E-state index in [1.165, 1.54) is 4.90 Å². The summed E-state index contributed by atoms with van der Waals surface area (Å²) in [4.78, 5) is 37.1. The molecule has 0 radical (unpaired) electrons. The SMILES string of the molecule is CCC(CC)(CC(=O)N1CCCC1C(=O)NC)C(=O)O. The topological polar surface area (TPSA) is 86.7 Å². The summed E-state index contributed by atoms with van der Waals surface area (Å²) in [6.07, 6.45) is 2.20. The maximum atomic E-state index is 12.4. The second kappa shape index (κ2) is 6.72. The number of nitrogens with one attached hydrogen (secondary N) is 1. The molecular formula is C14H24N2O4. The number of carbonyl (C=O) groups excluding carboxylic acids is 2. The van der Waals surface area contributed by atoms with Gasteiger partial charge in [0.25, 0.3) is 0 Å². The van der Waals surface area contributed by atoms with Gasteiger partial charge < -0.3 is 15.3 Å². The Morgan fingerprint density at radius 2 is 1.90 bits per heavy atom. The Morgan fingerprint density at radius 1 is 1.30 bits per heavy atom. The van der Waals surface area contributed by atoms with Gasteiger partial charge in [0, 0.05) is 20.0 Å². The first-order valence-electron chi connectivity index (χ1n) is 7.16. The van der Waals surface area contributed by atoms with E-state index in [1.807, 2.05) is 0 Å². The Balaban J connectivity index is 2.84. The summed E-state index contributed by atoms with van der Waals surface area (Å²) >= 11 is 0. The van der Waals surface area contributed by atoms with Crippen LogP contribution in [0.2, 0.25) is 0 Å². The van der Waals surface area contributed by atoms with E-state index in [1.54, 1.807) is 20.9 Å². The fraction of sp³-hybridized carbons (Fsp3) is 0.786. The van der Waals surface area contributed by atoms with Gasteiger partial charge in [-0.1, -0.05) is 13.8 Å². The van der Waals surface area contributed by atoms with Gasteiger partial charge in [0.2, 0.25) is 11.8 Å². The molecular weight excluding hydrogens is 260 g/mol. The van der Waals surface area contributed by atoms with E-state index in [0.717, 1.165) is 6.42 Å². The Labute approximate surface area is 119 Å². The summed E-state index contributed by atoms with van der Waals surface area (Å²) in [5, 5.41) is 11.9. The fourth-order valence-corrected chi connectivity index (χ4v) is 2.77. The molecule has 6 heteroatoms. The largest absolute Gasteiger partial charge is 0.481 e. The molecule has 1 atom stereocenters. The lowest BCUT2D eigenvalue weighted by molar-refractivity contribution is -0.155. The third-order valence-electron chi connectivity index (χ3n) is 4.42. The van der Waals surface area contributed by atoms with Crippen molar-refractivity contribution < 1.29 is 19.5 Å². The van der Waals surface area contributed by atoms with Crippen LogP contribution in [0.5, 0.6) is 0 Å². The van der Waals surface area contributed by atoms with Crippen LogP contribution in [0.1, 0.15) is 46.0 Å². The number of likely N-dealkylation sites (N-methyl/N-ethyl adjacent to an activating group) is 1. The van der Waals surface area contributed by atoms with Crippen molar-refractivity contribution in [3.8, 4) is 0 Å². The molecule has 114 valence electrons. The third kappa shape index (κ3) is 3.11. The van der Waals surface area contributed by atoms with Crippen LogP contribution in [0.15, 0.2) is 0 Å². The van der Waals surface area contributed by atoms with Crippen LogP contribution in [0.3, 0.4) is 0 Å². The monoisotopic (exact) mass is 284 g/mol. The van der Waals surface area contributed by atoms with Gasteiger partial charge in [-0.3, -0.25) is 14.4 Å². The van der Waals surface area contributed by atoms with Crippen LogP contribution in [0.25, 0.3) is 0 Å². The Kier molecular flexibility index (Phi) is 5.53. The van der Waals surface area contributed by atoms with E-state index in [9.17, 15) is 19.5 Å². The molecule has 1 fully saturated rings. The fourth-order valence-electron chi connectivity index (χ4n) is 2.77. The number of nitrogens with zero attached hydrogens (tertiary/aromatic N) is 1. The zero-order valence-electron chi connectivity index (χ0n) is 12.4. The smallest absolute Gasteiger partial charge is 0.310 e. The van der Waals surface area contributed by atoms with Crippen molar-refractivity contribution in [2.75, 3.05) is 13.6 Å². The van der Waals surface area contributed by atoms with Crippen molar-refractivity contribution in [1.29, 1.82) is 0 Å². The molecule has 1 rings (SSSR count). The molecule has 0 spiro atoms. The first kappa shape index (κ1) is 16.5. The average Bonchev–Trinajstić information content (AvgIpc) is 2.92. The number of likely N-dealkylation sites (tertiary alicyclic amines) is 1. The van der Waals surface area contributed by atoms with Crippen LogP contribution in [-0.4, -0.2) is 47.4 Å². The quantitative estimate of drug-likeness (QED) is 0.762. The van der Waals surface area contributed by atoms with Gasteiger partial charge >= 0.3 is 5.97 Å². The molecule has 6 nitrogen and oxygen atoms in total. The van der Waals surface area contributed by atoms with E-state index < -0.39 is 17.4 Å². The first-order valence-corrected chi connectivity index (χ1v) is 7.16. The molecule has 1 aliphatic heterocycles. The van der Waals surface area contributed by atoms with Gasteiger partial charge in [-0.25, -0.2) is 0 Å². The van der Waals surface area contributed by atoms with E-state index in [-0.39, 0.29) is 18.2 Å². The highest BCUT2D eigenvalue weighted by Gasteiger charge is 2.41. The number of hydrogen-bond donors (Lipinski definition) is 2.